The molecule has 0 aliphatic heterocycles. The first kappa shape index (κ1) is 7.84. The summed E-state index contributed by atoms with van der Waals surface area (Å²) < 4.78 is 0. The maximum absolute atomic E-state index is 3.24. The van der Waals surface area contributed by atoms with Crippen LogP contribution in [0.5, 0.6) is 0 Å². The fourth-order valence-electron chi connectivity index (χ4n) is 0.644. The fraction of sp³-hybridized carbons (Fsp3) is 0.250. The molecule has 0 bridgehead atoms. The summed E-state index contributed by atoms with van der Waals surface area (Å²) in [5.74, 6) is 5.98. The number of halogens is 1. The summed E-state index contributed by atoms with van der Waals surface area (Å²) in [7, 11) is 0. The Hall–Kier alpha value is -0.260. The Morgan fingerprint density at radius 2 is 2.50 bits per heavy atom. The predicted octanol–water partition coefficient (Wildman–Crippen LogP) is 2.80. The van der Waals surface area contributed by atoms with Crippen LogP contribution in [0.15, 0.2) is 11.4 Å². The van der Waals surface area contributed by atoms with E-state index in [0.29, 0.717) is 0 Å². The molecule has 0 N–H and O–H groups in total. The van der Waals surface area contributed by atoms with Crippen LogP contribution in [-0.4, -0.2) is 5.33 Å². The van der Waals surface area contributed by atoms with E-state index in [1.165, 1.54) is 4.88 Å². The molecule has 0 aliphatic carbocycles. The second-order valence-corrected chi connectivity index (χ2v) is 3.56. The normalized spacial score (nSPS) is 8.60. The minimum Gasteiger partial charge on any atom is -0.148 e. The van der Waals surface area contributed by atoms with E-state index in [1.807, 2.05) is 0 Å². The quantitative estimate of drug-likeness (QED) is 0.461. The lowest BCUT2D eigenvalue weighted by atomic mass is 10.3. The second kappa shape index (κ2) is 3.80. The lowest BCUT2D eigenvalue weighted by Crippen LogP contribution is -1.64. The van der Waals surface area contributed by atoms with Crippen molar-refractivity contribution in [1.82, 2.24) is 0 Å². The van der Waals surface area contributed by atoms with Gasteiger partial charge in [0, 0.05) is 15.8 Å². The Morgan fingerprint density at radius 1 is 1.70 bits per heavy atom. The summed E-state index contributed by atoms with van der Waals surface area (Å²) in [5, 5.41) is 2.83. The van der Waals surface area contributed by atoms with Gasteiger partial charge in [0.2, 0.25) is 0 Å². The topological polar surface area (TPSA) is 0 Å². The molecule has 1 rings (SSSR count). The van der Waals surface area contributed by atoms with E-state index in [9.17, 15) is 0 Å². The number of hydrogen-bond acceptors (Lipinski definition) is 1. The van der Waals surface area contributed by atoms with Gasteiger partial charge in [-0.25, -0.2) is 0 Å². The smallest absolute Gasteiger partial charge is 0.0649 e. The second-order valence-electron chi connectivity index (χ2n) is 1.88. The van der Waals surface area contributed by atoms with Gasteiger partial charge < -0.3 is 0 Å². The van der Waals surface area contributed by atoms with Crippen LogP contribution in [0, 0.1) is 18.8 Å². The maximum Gasteiger partial charge on any atom is 0.0649 e. The third-order valence-electron chi connectivity index (χ3n) is 1.03. The van der Waals surface area contributed by atoms with Gasteiger partial charge in [0.05, 0.1) is 5.33 Å². The third kappa shape index (κ3) is 2.17. The van der Waals surface area contributed by atoms with E-state index in [-0.39, 0.29) is 0 Å². The first-order valence-electron chi connectivity index (χ1n) is 2.93. The maximum atomic E-state index is 3.24. The van der Waals surface area contributed by atoms with E-state index >= 15 is 0 Å². The summed E-state index contributed by atoms with van der Waals surface area (Å²) in [4.78, 5) is 1.32. The van der Waals surface area contributed by atoms with Crippen LogP contribution in [-0.2, 0) is 0 Å². The van der Waals surface area contributed by atoms with Crippen LogP contribution in [0.4, 0.5) is 0 Å². The summed E-state index contributed by atoms with van der Waals surface area (Å²) in [6.45, 7) is 2.09. The van der Waals surface area contributed by atoms with Gasteiger partial charge in [-0.1, -0.05) is 27.8 Å². The lowest BCUT2D eigenvalue weighted by Gasteiger charge is -1.74. The average molecular weight is 215 g/mol. The van der Waals surface area contributed by atoms with E-state index in [0.717, 1.165) is 10.9 Å². The van der Waals surface area contributed by atoms with Crippen LogP contribution < -0.4 is 0 Å². The Kier molecular flexibility index (Phi) is 2.98. The zero-order valence-electron chi connectivity index (χ0n) is 5.65. The minimum atomic E-state index is 0.752. The molecule has 0 saturated carbocycles. The van der Waals surface area contributed by atoms with Crippen molar-refractivity contribution < 1.29 is 0 Å². The van der Waals surface area contributed by atoms with Crippen LogP contribution >= 0.6 is 27.3 Å². The lowest BCUT2D eigenvalue weighted by molar-refractivity contribution is 1.62. The highest BCUT2D eigenvalue weighted by Gasteiger charge is 1.88. The van der Waals surface area contributed by atoms with E-state index in [4.69, 9.17) is 0 Å². The molecule has 2 heteroatoms. The largest absolute Gasteiger partial charge is 0.148 e. The van der Waals surface area contributed by atoms with Crippen molar-refractivity contribution in [1.29, 1.82) is 0 Å². The molecule has 0 aromatic carbocycles. The van der Waals surface area contributed by atoms with Crippen LogP contribution in [0.1, 0.15) is 10.4 Å². The van der Waals surface area contributed by atoms with Crippen molar-refractivity contribution in [2.45, 2.75) is 6.92 Å². The van der Waals surface area contributed by atoms with Crippen LogP contribution in [0.2, 0.25) is 0 Å². The zero-order valence-corrected chi connectivity index (χ0v) is 8.05. The summed E-state index contributed by atoms with van der Waals surface area (Å²) in [6, 6.07) is 2.10. The number of rotatable bonds is 0. The highest BCUT2D eigenvalue weighted by Crippen LogP contribution is 2.11. The summed E-state index contributed by atoms with van der Waals surface area (Å²) in [5.41, 5.74) is 1.13. The number of aryl methyl sites for hydroxylation is 1. The first-order chi connectivity index (χ1) is 4.83. The highest BCUT2D eigenvalue weighted by atomic mass is 79.9. The highest BCUT2D eigenvalue weighted by molar-refractivity contribution is 9.09. The van der Waals surface area contributed by atoms with Gasteiger partial charge in [-0.2, -0.15) is 0 Å². The molecular weight excluding hydrogens is 208 g/mol. The Balaban J connectivity index is 2.76. The molecule has 0 aliphatic rings. The molecular formula is C8H7BrS. The van der Waals surface area contributed by atoms with Crippen LogP contribution in [0.3, 0.4) is 0 Å². The molecule has 0 fully saturated rings. The van der Waals surface area contributed by atoms with Gasteiger partial charge in [-0.05, 0) is 13.0 Å². The Bertz CT molecular complexity index is 264. The van der Waals surface area contributed by atoms with Crippen molar-refractivity contribution in [2.75, 3.05) is 5.33 Å². The molecule has 1 aromatic heterocycles. The van der Waals surface area contributed by atoms with Gasteiger partial charge in [-0.3, -0.25) is 0 Å². The molecule has 0 amide bonds. The molecule has 0 spiro atoms. The fourth-order valence-corrected chi connectivity index (χ4v) is 1.42. The van der Waals surface area contributed by atoms with Gasteiger partial charge >= 0.3 is 0 Å². The predicted molar refractivity (Wildman–Crippen MR) is 49.7 cm³/mol. The van der Waals surface area contributed by atoms with E-state index < -0.39 is 0 Å². The molecule has 52 valence electrons. The molecule has 0 radical (unpaired) electrons. The molecule has 1 heterocycles. The molecule has 0 saturated heterocycles. The monoisotopic (exact) mass is 214 g/mol. The molecule has 0 nitrogen and oxygen atoms in total. The SMILES string of the molecule is Cc1cc(C#CCBr)cs1. The van der Waals surface area contributed by atoms with Gasteiger partial charge in [0.1, 0.15) is 0 Å². The van der Waals surface area contributed by atoms with Crippen molar-refractivity contribution >= 4 is 27.3 Å². The first-order valence-corrected chi connectivity index (χ1v) is 4.93. The third-order valence-corrected chi connectivity index (χ3v) is 2.17. The van der Waals surface area contributed by atoms with E-state index in [1.54, 1.807) is 11.3 Å². The summed E-state index contributed by atoms with van der Waals surface area (Å²) >= 11 is 4.98. The van der Waals surface area contributed by atoms with Crippen molar-refractivity contribution in [3.63, 3.8) is 0 Å². The van der Waals surface area contributed by atoms with Gasteiger partial charge in [0.15, 0.2) is 0 Å². The van der Waals surface area contributed by atoms with E-state index in [2.05, 4.69) is 46.1 Å². The molecule has 0 unspecified atom stereocenters. The van der Waals surface area contributed by atoms with Crippen molar-refractivity contribution in [2.24, 2.45) is 0 Å². The van der Waals surface area contributed by atoms with Crippen molar-refractivity contribution in [3.8, 4) is 11.8 Å². The Morgan fingerprint density at radius 3 is 3.00 bits per heavy atom. The zero-order chi connectivity index (χ0) is 7.40. The summed E-state index contributed by atoms with van der Waals surface area (Å²) in [6.07, 6.45) is 0. The average Bonchev–Trinajstić information content (AvgIpc) is 2.31. The number of thiophene rings is 1. The molecule has 10 heavy (non-hydrogen) atoms. The Labute approximate surface area is 73.4 Å². The van der Waals surface area contributed by atoms with Crippen molar-refractivity contribution in [3.05, 3.63) is 21.9 Å². The van der Waals surface area contributed by atoms with Gasteiger partial charge in [-0.15, -0.1) is 11.3 Å². The van der Waals surface area contributed by atoms with Gasteiger partial charge in [0.25, 0.3) is 0 Å². The van der Waals surface area contributed by atoms with Crippen LogP contribution in [0.25, 0.3) is 0 Å². The minimum absolute atomic E-state index is 0.752. The number of hydrogen-bond donors (Lipinski definition) is 0. The molecule has 1 aromatic rings. The molecule has 0 atom stereocenters. The standard InChI is InChI=1S/C8H7BrS/c1-7-5-8(6-10-7)3-2-4-9/h5-6H,4H2,1H3. The number of alkyl halides is 1.